The lowest BCUT2D eigenvalue weighted by Gasteiger charge is -2.25. The van der Waals surface area contributed by atoms with Crippen molar-refractivity contribution in [2.24, 2.45) is 0 Å². The number of rotatable bonds is 8. The van der Waals surface area contributed by atoms with E-state index in [-0.39, 0.29) is 5.91 Å². The summed E-state index contributed by atoms with van der Waals surface area (Å²) in [6.45, 7) is 2.92. The van der Waals surface area contributed by atoms with Crippen LogP contribution in [-0.4, -0.2) is 51.5 Å². The van der Waals surface area contributed by atoms with Crippen LogP contribution < -0.4 is 10.2 Å². The molecule has 0 aliphatic carbocycles. The molecule has 0 aromatic heterocycles. The molecule has 0 saturated heterocycles. The van der Waals surface area contributed by atoms with E-state index >= 15 is 0 Å². The molecule has 1 aromatic rings. The highest BCUT2D eigenvalue weighted by Crippen LogP contribution is 2.33. The Hall–Kier alpha value is -1.63. The Balaban J connectivity index is 2.12. The molecule has 0 radical (unpaired) electrons. The molecule has 21 heavy (non-hydrogen) atoms. The summed E-state index contributed by atoms with van der Waals surface area (Å²) in [7, 11) is 3.36. The van der Waals surface area contributed by atoms with E-state index in [2.05, 4.69) is 10.2 Å². The smallest absolute Gasteiger partial charge is 0.257 e. The van der Waals surface area contributed by atoms with Crippen LogP contribution in [0, 0.1) is 0 Å². The standard InChI is InChI=1S/C15H22N2O4/c1-20-8-3-6-17(7-9-21-2)11-4-5-12-13(10-11)16-15(19)14(12)18/h4-5,10,14,18H,3,6-9H2,1-2H3,(H,16,19). The highest BCUT2D eigenvalue weighted by molar-refractivity contribution is 6.02. The van der Waals surface area contributed by atoms with E-state index in [4.69, 9.17) is 9.47 Å². The molecule has 1 aliphatic rings. The second kappa shape index (κ2) is 7.40. The number of nitrogens with zero attached hydrogens (tertiary/aromatic N) is 1. The molecule has 6 heteroatoms. The predicted molar refractivity (Wildman–Crippen MR) is 80.6 cm³/mol. The number of carbonyl (C=O) groups is 1. The largest absolute Gasteiger partial charge is 0.385 e. The molecule has 2 rings (SSSR count). The lowest BCUT2D eigenvalue weighted by Crippen LogP contribution is -2.29. The molecule has 116 valence electrons. The van der Waals surface area contributed by atoms with Crippen LogP contribution in [0.25, 0.3) is 0 Å². The first-order valence-electron chi connectivity index (χ1n) is 7.03. The molecule has 0 spiro atoms. The van der Waals surface area contributed by atoms with Crippen molar-refractivity contribution in [3.05, 3.63) is 23.8 Å². The van der Waals surface area contributed by atoms with Gasteiger partial charge in [-0.05, 0) is 18.6 Å². The van der Waals surface area contributed by atoms with Gasteiger partial charge in [0.25, 0.3) is 5.91 Å². The third kappa shape index (κ3) is 3.72. The Bertz CT molecular complexity index is 493. The molecule has 0 bridgehead atoms. The van der Waals surface area contributed by atoms with Crippen LogP contribution in [0.3, 0.4) is 0 Å². The number of hydrogen-bond acceptors (Lipinski definition) is 5. The number of aliphatic hydroxyl groups is 1. The van der Waals surface area contributed by atoms with Gasteiger partial charge in [0.1, 0.15) is 0 Å². The number of methoxy groups -OCH3 is 2. The quantitative estimate of drug-likeness (QED) is 0.704. The van der Waals surface area contributed by atoms with Gasteiger partial charge in [0.15, 0.2) is 6.10 Å². The normalized spacial score (nSPS) is 16.7. The zero-order valence-electron chi connectivity index (χ0n) is 12.5. The Morgan fingerprint density at radius 2 is 2.00 bits per heavy atom. The van der Waals surface area contributed by atoms with E-state index in [9.17, 15) is 9.90 Å². The number of fused-ring (bicyclic) bond motifs is 1. The van der Waals surface area contributed by atoms with Crippen LogP contribution in [0.1, 0.15) is 18.1 Å². The van der Waals surface area contributed by atoms with E-state index in [1.54, 1.807) is 20.3 Å². The molecule has 1 unspecified atom stereocenters. The number of aliphatic hydroxyl groups excluding tert-OH is 1. The SMILES string of the molecule is COCCCN(CCOC)c1ccc2c(c1)NC(=O)C2O. The first-order chi connectivity index (χ1) is 10.2. The van der Waals surface area contributed by atoms with E-state index < -0.39 is 6.10 Å². The number of anilines is 2. The predicted octanol–water partition coefficient (Wildman–Crippen LogP) is 1.16. The van der Waals surface area contributed by atoms with Gasteiger partial charge >= 0.3 is 0 Å². The molecule has 1 amide bonds. The zero-order chi connectivity index (χ0) is 15.2. The van der Waals surface area contributed by atoms with Crippen LogP contribution in [-0.2, 0) is 14.3 Å². The lowest BCUT2D eigenvalue weighted by molar-refractivity contribution is -0.123. The average Bonchev–Trinajstić information content (AvgIpc) is 2.77. The fourth-order valence-electron chi connectivity index (χ4n) is 2.40. The maximum atomic E-state index is 11.5. The topological polar surface area (TPSA) is 71.0 Å². The van der Waals surface area contributed by atoms with Crippen molar-refractivity contribution in [3.8, 4) is 0 Å². The Kier molecular flexibility index (Phi) is 5.55. The molecule has 1 aliphatic heterocycles. The second-order valence-electron chi connectivity index (χ2n) is 4.99. The van der Waals surface area contributed by atoms with Gasteiger partial charge < -0.3 is 24.8 Å². The minimum atomic E-state index is -1.06. The molecule has 1 aromatic carbocycles. The summed E-state index contributed by atoms with van der Waals surface area (Å²) in [5, 5.41) is 12.4. The van der Waals surface area contributed by atoms with Crippen molar-refractivity contribution in [3.63, 3.8) is 0 Å². The van der Waals surface area contributed by atoms with E-state index in [0.29, 0.717) is 24.5 Å². The minimum Gasteiger partial charge on any atom is -0.385 e. The fraction of sp³-hybridized carbons (Fsp3) is 0.533. The summed E-state index contributed by atoms with van der Waals surface area (Å²) in [5.74, 6) is -0.370. The summed E-state index contributed by atoms with van der Waals surface area (Å²) in [6, 6.07) is 5.61. The number of carbonyl (C=O) groups excluding carboxylic acids is 1. The first kappa shape index (κ1) is 15.8. The van der Waals surface area contributed by atoms with Crippen molar-refractivity contribution < 1.29 is 19.4 Å². The van der Waals surface area contributed by atoms with Gasteiger partial charge in [0.2, 0.25) is 0 Å². The van der Waals surface area contributed by atoms with Crippen molar-refractivity contribution in [2.75, 3.05) is 50.7 Å². The number of benzene rings is 1. The lowest BCUT2D eigenvalue weighted by atomic mass is 10.1. The van der Waals surface area contributed by atoms with Crippen LogP contribution in [0.15, 0.2) is 18.2 Å². The van der Waals surface area contributed by atoms with Gasteiger partial charge in [-0.2, -0.15) is 0 Å². The third-order valence-electron chi connectivity index (χ3n) is 3.54. The third-order valence-corrected chi connectivity index (χ3v) is 3.54. The van der Waals surface area contributed by atoms with Crippen molar-refractivity contribution in [1.29, 1.82) is 0 Å². The van der Waals surface area contributed by atoms with Crippen molar-refractivity contribution >= 4 is 17.3 Å². The average molecular weight is 294 g/mol. The molecular weight excluding hydrogens is 272 g/mol. The van der Waals surface area contributed by atoms with Crippen molar-refractivity contribution in [1.82, 2.24) is 0 Å². The maximum Gasteiger partial charge on any atom is 0.257 e. The second-order valence-corrected chi connectivity index (χ2v) is 4.99. The summed E-state index contributed by atoms with van der Waals surface area (Å²) < 4.78 is 10.2. The van der Waals surface area contributed by atoms with Gasteiger partial charge in [-0.1, -0.05) is 6.07 Å². The van der Waals surface area contributed by atoms with Crippen LogP contribution in [0.5, 0.6) is 0 Å². The molecule has 1 atom stereocenters. The van der Waals surface area contributed by atoms with Gasteiger partial charge in [0.05, 0.1) is 6.61 Å². The summed E-state index contributed by atoms with van der Waals surface area (Å²) in [6.07, 6.45) is -0.151. The number of ether oxygens (including phenoxy) is 2. The highest BCUT2D eigenvalue weighted by Gasteiger charge is 2.28. The monoisotopic (exact) mass is 294 g/mol. The number of hydrogen-bond donors (Lipinski definition) is 2. The van der Waals surface area contributed by atoms with E-state index in [1.165, 1.54) is 0 Å². The maximum absolute atomic E-state index is 11.5. The summed E-state index contributed by atoms with van der Waals surface area (Å²) in [4.78, 5) is 13.7. The number of amides is 1. The van der Waals surface area contributed by atoms with Crippen LogP contribution in [0.2, 0.25) is 0 Å². The summed E-state index contributed by atoms with van der Waals surface area (Å²) >= 11 is 0. The molecule has 6 nitrogen and oxygen atoms in total. The van der Waals surface area contributed by atoms with Crippen LogP contribution in [0.4, 0.5) is 11.4 Å². The Labute approximate surface area is 124 Å². The zero-order valence-corrected chi connectivity index (χ0v) is 12.5. The van der Waals surface area contributed by atoms with E-state index in [1.807, 2.05) is 12.1 Å². The van der Waals surface area contributed by atoms with Crippen molar-refractivity contribution in [2.45, 2.75) is 12.5 Å². The van der Waals surface area contributed by atoms with Gasteiger partial charge in [-0.3, -0.25) is 4.79 Å². The molecule has 0 saturated carbocycles. The van der Waals surface area contributed by atoms with Gasteiger partial charge in [0, 0.05) is 50.9 Å². The minimum absolute atomic E-state index is 0.370. The molecule has 2 N–H and O–H groups in total. The summed E-state index contributed by atoms with van der Waals surface area (Å²) in [5.41, 5.74) is 2.31. The van der Waals surface area contributed by atoms with E-state index in [0.717, 1.165) is 25.2 Å². The fourth-order valence-corrected chi connectivity index (χ4v) is 2.40. The van der Waals surface area contributed by atoms with Gasteiger partial charge in [-0.15, -0.1) is 0 Å². The first-order valence-corrected chi connectivity index (χ1v) is 7.03. The Morgan fingerprint density at radius 1 is 1.24 bits per heavy atom. The van der Waals surface area contributed by atoms with Crippen LogP contribution >= 0.6 is 0 Å². The number of nitrogens with one attached hydrogen (secondary N) is 1. The molecule has 0 fully saturated rings. The highest BCUT2D eigenvalue weighted by atomic mass is 16.5. The van der Waals surface area contributed by atoms with Gasteiger partial charge in [-0.25, -0.2) is 0 Å². The molecule has 1 heterocycles. The Morgan fingerprint density at radius 3 is 2.71 bits per heavy atom. The molecular formula is C15H22N2O4.